The Bertz CT molecular complexity index is 929. The minimum Gasteiger partial charge on any atom is -0.311 e. The zero-order valence-electron chi connectivity index (χ0n) is 15.6. The van der Waals surface area contributed by atoms with E-state index in [9.17, 15) is 4.79 Å². The van der Waals surface area contributed by atoms with Gasteiger partial charge in [0.2, 0.25) is 5.91 Å². The Labute approximate surface area is 154 Å². The molecule has 3 aromatic rings. The van der Waals surface area contributed by atoms with Crippen LogP contribution in [0.4, 0.5) is 5.82 Å². The number of para-hydroxylation sites is 1. The maximum Gasteiger partial charge on any atom is 0.239 e. The van der Waals surface area contributed by atoms with E-state index in [1.165, 1.54) is 16.7 Å². The lowest BCUT2D eigenvalue weighted by molar-refractivity contribution is -0.115. The second-order valence-corrected chi connectivity index (χ2v) is 6.49. The molecule has 0 radical (unpaired) electrons. The number of rotatable bonds is 5. The van der Waals surface area contributed by atoms with E-state index in [4.69, 9.17) is 5.10 Å². The molecule has 0 saturated carbocycles. The lowest BCUT2D eigenvalue weighted by Gasteiger charge is -2.08. The van der Waals surface area contributed by atoms with Crippen LogP contribution in [0, 0.1) is 20.8 Å². The summed E-state index contributed by atoms with van der Waals surface area (Å²) in [5, 5.41) is 10.6. The van der Waals surface area contributed by atoms with Crippen LogP contribution in [-0.2, 0) is 4.79 Å². The van der Waals surface area contributed by atoms with Gasteiger partial charge in [0, 0.05) is 11.6 Å². The van der Waals surface area contributed by atoms with Crippen molar-refractivity contribution in [2.24, 2.45) is 0 Å². The van der Waals surface area contributed by atoms with Crippen LogP contribution in [0.3, 0.4) is 0 Å². The van der Waals surface area contributed by atoms with Gasteiger partial charge in [-0.1, -0.05) is 24.3 Å². The predicted octanol–water partition coefficient (Wildman–Crippen LogP) is 3.62. The normalized spacial score (nSPS) is 10.8. The molecular weight excluding hydrogens is 324 g/mol. The summed E-state index contributed by atoms with van der Waals surface area (Å²) in [7, 11) is 1.75. The Hall–Kier alpha value is -2.92. The summed E-state index contributed by atoms with van der Waals surface area (Å²) < 4.78 is 1.78. The van der Waals surface area contributed by atoms with Gasteiger partial charge in [0.25, 0.3) is 0 Å². The average Bonchev–Trinajstić information content (AvgIpc) is 3.02. The van der Waals surface area contributed by atoms with Crippen molar-refractivity contribution < 1.29 is 4.79 Å². The van der Waals surface area contributed by atoms with E-state index in [2.05, 4.69) is 43.5 Å². The summed E-state index contributed by atoms with van der Waals surface area (Å²) in [4.78, 5) is 12.1. The third-order valence-corrected chi connectivity index (χ3v) is 4.43. The first-order valence-electron chi connectivity index (χ1n) is 8.67. The van der Waals surface area contributed by atoms with Gasteiger partial charge in [0.1, 0.15) is 5.82 Å². The summed E-state index contributed by atoms with van der Waals surface area (Å²) in [6.45, 7) is 6.54. The highest BCUT2D eigenvalue weighted by Gasteiger charge is 2.15. The molecule has 0 spiro atoms. The Morgan fingerprint density at radius 2 is 1.69 bits per heavy atom. The predicted molar refractivity (Wildman–Crippen MR) is 106 cm³/mol. The van der Waals surface area contributed by atoms with E-state index in [1.807, 2.05) is 36.4 Å². The SMILES string of the molecule is CNCC(=O)Nc1cc(-c2cc(C)c(C)cc2C)nn1-c1ccccc1. The molecule has 0 unspecified atom stereocenters. The van der Waals surface area contributed by atoms with E-state index >= 15 is 0 Å². The standard InChI is InChI=1S/C21H24N4O/c1-14-10-16(3)18(11-15(14)2)19-12-20(23-21(26)13-22-4)25(24-19)17-8-6-5-7-9-17/h5-12,22H,13H2,1-4H3,(H,23,26). The summed E-state index contributed by atoms with van der Waals surface area (Å²) in [6, 6.07) is 16.1. The fourth-order valence-corrected chi connectivity index (χ4v) is 2.95. The van der Waals surface area contributed by atoms with Crippen molar-refractivity contribution in [3.63, 3.8) is 0 Å². The minimum atomic E-state index is -0.104. The van der Waals surface area contributed by atoms with Crippen molar-refractivity contribution in [1.29, 1.82) is 0 Å². The van der Waals surface area contributed by atoms with Crippen molar-refractivity contribution in [2.45, 2.75) is 20.8 Å². The molecule has 0 fully saturated rings. The zero-order valence-corrected chi connectivity index (χ0v) is 15.6. The van der Waals surface area contributed by atoms with Gasteiger partial charge < -0.3 is 10.6 Å². The summed E-state index contributed by atoms with van der Waals surface area (Å²) in [5.74, 6) is 0.553. The highest BCUT2D eigenvalue weighted by molar-refractivity contribution is 5.92. The van der Waals surface area contributed by atoms with Gasteiger partial charge in [0.05, 0.1) is 17.9 Å². The van der Waals surface area contributed by atoms with Crippen molar-refractivity contribution in [1.82, 2.24) is 15.1 Å². The molecule has 0 aliphatic heterocycles. The Morgan fingerprint density at radius 1 is 1.00 bits per heavy atom. The second kappa shape index (κ2) is 7.54. The van der Waals surface area contributed by atoms with Crippen LogP contribution in [0.25, 0.3) is 16.9 Å². The highest BCUT2D eigenvalue weighted by atomic mass is 16.2. The third-order valence-electron chi connectivity index (χ3n) is 4.43. The second-order valence-electron chi connectivity index (χ2n) is 6.49. The van der Waals surface area contributed by atoms with Crippen LogP contribution in [0.2, 0.25) is 0 Å². The number of carbonyl (C=O) groups excluding carboxylic acids is 1. The summed E-state index contributed by atoms with van der Waals surface area (Å²) in [5.41, 5.74) is 6.47. The number of aromatic nitrogens is 2. The zero-order chi connectivity index (χ0) is 18.7. The lowest BCUT2D eigenvalue weighted by Crippen LogP contribution is -2.26. The van der Waals surface area contributed by atoms with Crippen molar-refractivity contribution in [3.05, 3.63) is 65.2 Å². The topological polar surface area (TPSA) is 59.0 Å². The molecule has 0 aliphatic rings. The number of carbonyl (C=O) groups is 1. The van der Waals surface area contributed by atoms with Crippen molar-refractivity contribution >= 4 is 11.7 Å². The van der Waals surface area contributed by atoms with Gasteiger partial charge in [0.15, 0.2) is 0 Å². The van der Waals surface area contributed by atoms with Gasteiger partial charge in [-0.25, -0.2) is 4.68 Å². The maximum absolute atomic E-state index is 12.1. The fourth-order valence-electron chi connectivity index (χ4n) is 2.95. The Balaban J connectivity index is 2.09. The Kier molecular flexibility index (Phi) is 5.19. The van der Waals surface area contributed by atoms with Gasteiger partial charge in [-0.2, -0.15) is 5.10 Å². The first-order chi connectivity index (χ1) is 12.5. The molecule has 2 aromatic carbocycles. The monoisotopic (exact) mass is 348 g/mol. The van der Waals surface area contributed by atoms with Gasteiger partial charge in [-0.05, 0) is 62.7 Å². The number of amides is 1. The Morgan fingerprint density at radius 3 is 2.38 bits per heavy atom. The number of nitrogens with one attached hydrogen (secondary N) is 2. The van der Waals surface area contributed by atoms with Gasteiger partial charge in [-0.3, -0.25) is 4.79 Å². The molecule has 0 saturated heterocycles. The molecule has 5 heteroatoms. The molecule has 134 valence electrons. The lowest BCUT2D eigenvalue weighted by atomic mass is 9.99. The summed E-state index contributed by atoms with van der Waals surface area (Å²) >= 11 is 0. The number of anilines is 1. The van der Waals surface area contributed by atoms with Crippen LogP contribution in [-0.4, -0.2) is 29.3 Å². The number of likely N-dealkylation sites (N-methyl/N-ethyl adjacent to an activating group) is 1. The molecule has 1 amide bonds. The number of hydrogen-bond acceptors (Lipinski definition) is 3. The minimum absolute atomic E-state index is 0.104. The van der Waals surface area contributed by atoms with Crippen LogP contribution in [0.5, 0.6) is 0 Å². The van der Waals surface area contributed by atoms with Crippen LogP contribution in [0.1, 0.15) is 16.7 Å². The highest BCUT2D eigenvalue weighted by Crippen LogP contribution is 2.29. The van der Waals surface area contributed by atoms with Crippen molar-refractivity contribution in [3.8, 4) is 16.9 Å². The van der Waals surface area contributed by atoms with E-state index in [1.54, 1.807) is 11.7 Å². The molecule has 0 atom stereocenters. The third kappa shape index (κ3) is 3.68. The first kappa shape index (κ1) is 17.9. The number of hydrogen-bond donors (Lipinski definition) is 2. The van der Waals surface area contributed by atoms with Crippen LogP contribution in [0.15, 0.2) is 48.5 Å². The smallest absolute Gasteiger partial charge is 0.239 e. The maximum atomic E-state index is 12.1. The molecule has 3 rings (SSSR count). The van der Waals surface area contributed by atoms with E-state index < -0.39 is 0 Å². The molecule has 2 N–H and O–H groups in total. The largest absolute Gasteiger partial charge is 0.311 e. The molecular formula is C21H24N4O. The van der Waals surface area contributed by atoms with E-state index in [0.717, 1.165) is 16.9 Å². The number of benzene rings is 2. The molecule has 1 aromatic heterocycles. The number of nitrogens with zero attached hydrogens (tertiary/aromatic N) is 2. The molecule has 26 heavy (non-hydrogen) atoms. The molecule has 0 aliphatic carbocycles. The summed E-state index contributed by atoms with van der Waals surface area (Å²) in [6.07, 6.45) is 0. The molecule has 1 heterocycles. The van der Waals surface area contributed by atoms with Crippen LogP contribution < -0.4 is 10.6 Å². The average molecular weight is 348 g/mol. The van der Waals surface area contributed by atoms with Crippen molar-refractivity contribution in [2.75, 3.05) is 18.9 Å². The van der Waals surface area contributed by atoms with Gasteiger partial charge >= 0.3 is 0 Å². The quantitative estimate of drug-likeness (QED) is 0.740. The van der Waals surface area contributed by atoms with E-state index in [0.29, 0.717) is 5.82 Å². The first-order valence-corrected chi connectivity index (χ1v) is 8.67. The number of aryl methyl sites for hydroxylation is 3. The fraction of sp³-hybridized carbons (Fsp3) is 0.238. The molecule has 0 bridgehead atoms. The van der Waals surface area contributed by atoms with Crippen LogP contribution >= 0.6 is 0 Å². The molecule has 5 nitrogen and oxygen atoms in total. The van der Waals surface area contributed by atoms with E-state index in [-0.39, 0.29) is 12.5 Å². The van der Waals surface area contributed by atoms with Gasteiger partial charge in [-0.15, -0.1) is 0 Å².